The lowest BCUT2D eigenvalue weighted by Crippen LogP contribution is -2.38. The standard InChI is InChI=1S/C14H20N2O/c1-2-11-4-5-12-6-9-16(8-3-7-15)14(17)13(12)10-11/h4-5,10H,2-3,6-9,15H2,1H3. The van der Waals surface area contributed by atoms with Crippen molar-refractivity contribution in [2.75, 3.05) is 19.6 Å². The van der Waals surface area contributed by atoms with Crippen LogP contribution in [0.3, 0.4) is 0 Å². The van der Waals surface area contributed by atoms with Crippen molar-refractivity contribution in [1.82, 2.24) is 4.90 Å². The Bertz CT molecular complexity index is 415. The summed E-state index contributed by atoms with van der Waals surface area (Å²) in [6, 6.07) is 6.28. The maximum Gasteiger partial charge on any atom is 0.254 e. The lowest BCUT2D eigenvalue weighted by atomic mass is 9.96. The zero-order chi connectivity index (χ0) is 12.3. The van der Waals surface area contributed by atoms with Crippen molar-refractivity contribution in [3.8, 4) is 0 Å². The number of hydrogen-bond acceptors (Lipinski definition) is 2. The van der Waals surface area contributed by atoms with Crippen LogP contribution in [0.25, 0.3) is 0 Å². The number of nitrogens with zero attached hydrogens (tertiary/aromatic N) is 1. The van der Waals surface area contributed by atoms with E-state index in [9.17, 15) is 4.79 Å². The number of fused-ring (bicyclic) bond motifs is 1. The fraction of sp³-hybridized carbons (Fsp3) is 0.500. The van der Waals surface area contributed by atoms with Gasteiger partial charge in [-0.1, -0.05) is 19.1 Å². The molecule has 0 saturated carbocycles. The molecule has 0 atom stereocenters. The third-order valence-electron chi connectivity index (χ3n) is 3.38. The van der Waals surface area contributed by atoms with Crippen LogP contribution in [-0.2, 0) is 12.8 Å². The SMILES string of the molecule is CCc1ccc2c(c1)C(=O)N(CCCN)CC2. The lowest BCUT2D eigenvalue weighted by molar-refractivity contribution is 0.0739. The smallest absolute Gasteiger partial charge is 0.254 e. The molecule has 1 amide bonds. The second kappa shape index (κ2) is 5.32. The largest absolute Gasteiger partial charge is 0.338 e. The van der Waals surface area contributed by atoms with Gasteiger partial charge in [-0.25, -0.2) is 0 Å². The molecule has 1 aromatic rings. The van der Waals surface area contributed by atoms with E-state index in [-0.39, 0.29) is 5.91 Å². The Morgan fingerprint density at radius 2 is 2.24 bits per heavy atom. The first-order chi connectivity index (χ1) is 8.26. The normalized spacial score (nSPS) is 14.9. The van der Waals surface area contributed by atoms with Crippen LogP contribution in [0.2, 0.25) is 0 Å². The Morgan fingerprint density at radius 1 is 1.41 bits per heavy atom. The van der Waals surface area contributed by atoms with Gasteiger partial charge in [-0.3, -0.25) is 4.79 Å². The molecule has 3 nitrogen and oxygen atoms in total. The van der Waals surface area contributed by atoms with E-state index in [0.29, 0.717) is 6.54 Å². The monoisotopic (exact) mass is 232 g/mol. The molecule has 2 rings (SSSR count). The summed E-state index contributed by atoms with van der Waals surface area (Å²) >= 11 is 0. The Morgan fingerprint density at radius 3 is 2.94 bits per heavy atom. The molecule has 1 aliphatic rings. The second-order valence-electron chi connectivity index (χ2n) is 4.53. The molecule has 1 aliphatic heterocycles. The van der Waals surface area contributed by atoms with E-state index in [1.807, 2.05) is 11.0 Å². The van der Waals surface area contributed by atoms with E-state index in [2.05, 4.69) is 19.1 Å². The van der Waals surface area contributed by atoms with Gasteiger partial charge in [-0.15, -0.1) is 0 Å². The Kier molecular flexibility index (Phi) is 3.79. The number of carbonyl (C=O) groups excluding carboxylic acids is 1. The first-order valence-corrected chi connectivity index (χ1v) is 6.37. The van der Waals surface area contributed by atoms with Gasteiger partial charge in [0.2, 0.25) is 0 Å². The van der Waals surface area contributed by atoms with E-state index >= 15 is 0 Å². The fourth-order valence-electron chi connectivity index (χ4n) is 2.28. The van der Waals surface area contributed by atoms with E-state index in [1.54, 1.807) is 0 Å². The molecule has 0 unspecified atom stereocenters. The van der Waals surface area contributed by atoms with Crippen LogP contribution >= 0.6 is 0 Å². The minimum absolute atomic E-state index is 0.176. The number of hydrogen-bond donors (Lipinski definition) is 1. The van der Waals surface area contributed by atoms with Crippen molar-refractivity contribution in [2.24, 2.45) is 5.73 Å². The van der Waals surface area contributed by atoms with Crippen LogP contribution in [0.1, 0.15) is 34.8 Å². The lowest BCUT2D eigenvalue weighted by Gasteiger charge is -2.28. The summed E-state index contributed by atoms with van der Waals surface area (Å²) < 4.78 is 0. The summed E-state index contributed by atoms with van der Waals surface area (Å²) in [5, 5.41) is 0. The average molecular weight is 232 g/mol. The van der Waals surface area contributed by atoms with E-state index in [0.717, 1.165) is 37.9 Å². The molecule has 3 heteroatoms. The van der Waals surface area contributed by atoms with Crippen molar-refractivity contribution >= 4 is 5.91 Å². The summed E-state index contributed by atoms with van der Waals surface area (Å²) in [7, 11) is 0. The topological polar surface area (TPSA) is 46.3 Å². The fourth-order valence-corrected chi connectivity index (χ4v) is 2.28. The van der Waals surface area contributed by atoms with Gasteiger partial charge in [0, 0.05) is 18.7 Å². The van der Waals surface area contributed by atoms with Crippen LogP contribution in [0.5, 0.6) is 0 Å². The predicted molar refractivity (Wildman–Crippen MR) is 69.1 cm³/mol. The molecule has 1 aromatic carbocycles. The molecule has 92 valence electrons. The highest BCUT2D eigenvalue weighted by molar-refractivity contribution is 5.96. The molecule has 0 radical (unpaired) electrons. The number of rotatable bonds is 4. The van der Waals surface area contributed by atoms with E-state index in [1.165, 1.54) is 11.1 Å². The molecule has 0 bridgehead atoms. The van der Waals surface area contributed by atoms with Crippen LogP contribution in [0.15, 0.2) is 18.2 Å². The van der Waals surface area contributed by atoms with Gasteiger partial charge in [0.25, 0.3) is 5.91 Å². The molecular weight excluding hydrogens is 212 g/mol. The van der Waals surface area contributed by atoms with Crippen molar-refractivity contribution in [3.63, 3.8) is 0 Å². The summed E-state index contributed by atoms with van der Waals surface area (Å²) in [5.74, 6) is 0.176. The quantitative estimate of drug-likeness (QED) is 0.857. The number of carbonyl (C=O) groups is 1. The number of nitrogens with two attached hydrogens (primary N) is 1. The highest BCUT2D eigenvalue weighted by Gasteiger charge is 2.23. The summed E-state index contributed by atoms with van der Waals surface area (Å²) in [5.41, 5.74) is 8.81. The molecule has 2 N–H and O–H groups in total. The van der Waals surface area contributed by atoms with Gasteiger partial charge in [0.1, 0.15) is 0 Å². The van der Waals surface area contributed by atoms with Gasteiger partial charge >= 0.3 is 0 Å². The first-order valence-electron chi connectivity index (χ1n) is 6.37. The zero-order valence-electron chi connectivity index (χ0n) is 10.4. The minimum Gasteiger partial charge on any atom is -0.338 e. The van der Waals surface area contributed by atoms with Gasteiger partial charge in [0.15, 0.2) is 0 Å². The van der Waals surface area contributed by atoms with E-state index < -0.39 is 0 Å². The molecule has 0 aromatic heterocycles. The van der Waals surface area contributed by atoms with Gasteiger partial charge in [-0.2, -0.15) is 0 Å². The Balaban J connectivity index is 2.21. The van der Waals surface area contributed by atoms with Crippen molar-refractivity contribution < 1.29 is 4.79 Å². The maximum atomic E-state index is 12.3. The van der Waals surface area contributed by atoms with Gasteiger partial charge in [0.05, 0.1) is 0 Å². The van der Waals surface area contributed by atoms with Crippen molar-refractivity contribution in [2.45, 2.75) is 26.2 Å². The van der Waals surface area contributed by atoms with Crippen molar-refractivity contribution in [3.05, 3.63) is 34.9 Å². The second-order valence-corrected chi connectivity index (χ2v) is 4.53. The number of amides is 1. The number of aryl methyl sites for hydroxylation is 1. The maximum absolute atomic E-state index is 12.3. The molecule has 0 aliphatic carbocycles. The molecule has 0 saturated heterocycles. The Hall–Kier alpha value is -1.35. The molecule has 17 heavy (non-hydrogen) atoms. The van der Waals surface area contributed by atoms with Gasteiger partial charge in [-0.05, 0) is 43.0 Å². The zero-order valence-corrected chi connectivity index (χ0v) is 10.4. The van der Waals surface area contributed by atoms with Crippen LogP contribution in [-0.4, -0.2) is 30.4 Å². The van der Waals surface area contributed by atoms with Crippen LogP contribution in [0, 0.1) is 0 Å². The third kappa shape index (κ3) is 2.50. The molecule has 0 spiro atoms. The summed E-state index contributed by atoms with van der Waals surface area (Å²) in [6.45, 7) is 4.37. The highest BCUT2D eigenvalue weighted by Crippen LogP contribution is 2.20. The van der Waals surface area contributed by atoms with Crippen molar-refractivity contribution in [1.29, 1.82) is 0 Å². The highest BCUT2D eigenvalue weighted by atomic mass is 16.2. The van der Waals surface area contributed by atoms with Crippen LogP contribution in [0.4, 0.5) is 0 Å². The predicted octanol–water partition coefficient (Wildman–Crippen LogP) is 1.60. The number of benzene rings is 1. The minimum atomic E-state index is 0.176. The first kappa shape index (κ1) is 12.1. The summed E-state index contributed by atoms with van der Waals surface area (Å²) in [4.78, 5) is 14.2. The van der Waals surface area contributed by atoms with Gasteiger partial charge < -0.3 is 10.6 Å². The third-order valence-corrected chi connectivity index (χ3v) is 3.38. The molecule has 1 heterocycles. The molecular formula is C14H20N2O. The molecule has 0 fully saturated rings. The van der Waals surface area contributed by atoms with E-state index in [4.69, 9.17) is 5.73 Å². The Labute approximate surface area is 103 Å². The average Bonchev–Trinajstić information content (AvgIpc) is 2.38. The summed E-state index contributed by atoms with van der Waals surface area (Å²) in [6.07, 6.45) is 2.83. The van der Waals surface area contributed by atoms with Crippen LogP contribution < -0.4 is 5.73 Å².